The smallest absolute Gasteiger partial charge is 0.237 e. The lowest BCUT2D eigenvalue weighted by atomic mass is 10.0. The van der Waals surface area contributed by atoms with Crippen molar-refractivity contribution in [1.82, 2.24) is 15.3 Å². The zero-order valence-corrected chi connectivity index (χ0v) is 16.6. The first kappa shape index (κ1) is 19.6. The Morgan fingerprint density at radius 3 is 2.17 bits per heavy atom. The first-order valence-corrected chi connectivity index (χ1v) is 9.96. The number of nitrogens with zero attached hydrogens (tertiary/aromatic N) is 1. The number of nitrogens with two attached hydrogens (primary N) is 1. The Bertz CT molecular complexity index is 1090. The SMILES string of the molecule is N[C@@H](Cc1cnc(-c2ccc(-c3ccccc3)cc2)[nH]1)C(=O)NCc1ccccc1. The summed E-state index contributed by atoms with van der Waals surface area (Å²) in [6, 6.07) is 27.6. The normalized spacial score (nSPS) is 11.8. The maximum absolute atomic E-state index is 12.3. The van der Waals surface area contributed by atoms with E-state index >= 15 is 0 Å². The van der Waals surface area contributed by atoms with E-state index in [1.807, 2.05) is 60.7 Å². The Morgan fingerprint density at radius 2 is 1.47 bits per heavy atom. The van der Waals surface area contributed by atoms with Crippen LogP contribution in [0.15, 0.2) is 91.1 Å². The van der Waals surface area contributed by atoms with Crippen LogP contribution in [0.4, 0.5) is 0 Å². The molecule has 0 aliphatic heterocycles. The molecule has 4 rings (SSSR count). The Morgan fingerprint density at radius 1 is 0.867 bits per heavy atom. The molecule has 0 aliphatic carbocycles. The van der Waals surface area contributed by atoms with Gasteiger partial charge in [-0.1, -0.05) is 84.9 Å². The highest BCUT2D eigenvalue weighted by atomic mass is 16.2. The Kier molecular flexibility index (Phi) is 6.01. The molecule has 0 fully saturated rings. The van der Waals surface area contributed by atoms with E-state index in [1.54, 1.807) is 6.20 Å². The summed E-state index contributed by atoms with van der Waals surface area (Å²) < 4.78 is 0. The third-order valence-electron chi connectivity index (χ3n) is 4.98. The fraction of sp³-hybridized carbons (Fsp3) is 0.120. The van der Waals surface area contributed by atoms with E-state index in [1.165, 1.54) is 5.56 Å². The lowest BCUT2D eigenvalue weighted by Gasteiger charge is -2.11. The minimum atomic E-state index is -0.637. The summed E-state index contributed by atoms with van der Waals surface area (Å²) in [4.78, 5) is 20.0. The highest BCUT2D eigenvalue weighted by Gasteiger charge is 2.15. The van der Waals surface area contributed by atoms with Crippen LogP contribution in [0.2, 0.25) is 0 Å². The number of nitrogens with one attached hydrogen (secondary N) is 2. The predicted octanol–water partition coefficient (Wildman–Crippen LogP) is 3.93. The van der Waals surface area contributed by atoms with Crippen molar-refractivity contribution in [3.8, 4) is 22.5 Å². The van der Waals surface area contributed by atoms with Crippen LogP contribution in [-0.2, 0) is 17.8 Å². The van der Waals surface area contributed by atoms with Gasteiger partial charge in [0.15, 0.2) is 0 Å². The molecule has 5 heteroatoms. The van der Waals surface area contributed by atoms with Crippen LogP contribution in [0.3, 0.4) is 0 Å². The van der Waals surface area contributed by atoms with Crippen molar-refractivity contribution in [1.29, 1.82) is 0 Å². The lowest BCUT2D eigenvalue weighted by Crippen LogP contribution is -2.41. The molecular weight excluding hydrogens is 372 g/mol. The van der Waals surface area contributed by atoms with E-state index in [-0.39, 0.29) is 5.91 Å². The van der Waals surface area contributed by atoms with Crippen molar-refractivity contribution in [2.75, 3.05) is 0 Å². The number of carbonyl (C=O) groups is 1. The monoisotopic (exact) mass is 396 g/mol. The third kappa shape index (κ3) is 4.82. The van der Waals surface area contributed by atoms with Crippen molar-refractivity contribution < 1.29 is 4.79 Å². The molecule has 4 N–H and O–H groups in total. The van der Waals surface area contributed by atoms with Gasteiger partial charge in [-0.3, -0.25) is 4.79 Å². The van der Waals surface area contributed by atoms with E-state index in [0.29, 0.717) is 13.0 Å². The molecule has 0 saturated carbocycles. The average Bonchev–Trinajstić information content (AvgIpc) is 3.27. The van der Waals surface area contributed by atoms with E-state index in [9.17, 15) is 4.79 Å². The molecule has 0 aliphatic rings. The van der Waals surface area contributed by atoms with Crippen LogP contribution in [0.1, 0.15) is 11.3 Å². The fourth-order valence-electron chi connectivity index (χ4n) is 3.31. The number of amides is 1. The summed E-state index contributed by atoms with van der Waals surface area (Å²) >= 11 is 0. The number of carbonyl (C=O) groups excluding carboxylic acids is 1. The molecule has 5 nitrogen and oxygen atoms in total. The van der Waals surface area contributed by atoms with Gasteiger partial charge in [0.25, 0.3) is 0 Å². The molecule has 1 heterocycles. The summed E-state index contributed by atoms with van der Waals surface area (Å²) in [5, 5.41) is 2.88. The quantitative estimate of drug-likeness (QED) is 0.443. The Hall–Kier alpha value is -3.70. The third-order valence-corrected chi connectivity index (χ3v) is 4.98. The molecule has 3 aromatic carbocycles. The van der Waals surface area contributed by atoms with Crippen molar-refractivity contribution in [3.63, 3.8) is 0 Å². The van der Waals surface area contributed by atoms with Gasteiger partial charge in [-0.2, -0.15) is 0 Å². The van der Waals surface area contributed by atoms with Crippen LogP contribution >= 0.6 is 0 Å². The first-order chi connectivity index (χ1) is 14.7. The maximum atomic E-state index is 12.3. The number of benzene rings is 3. The number of aromatic nitrogens is 2. The van der Waals surface area contributed by atoms with Gasteiger partial charge in [0.2, 0.25) is 5.91 Å². The summed E-state index contributed by atoms with van der Waals surface area (Å²) in [5.41, 5.74) is 11.3. The van der Waals surface area contributed by atoms with E-state index in [2.05, 4.69) is 39.6 Å². The number of hydrogen-bond donors (Lipinski definition) is 3. The van der Waals surface area contributed by atoms with Gasteiger partial charge >= 0.3 is 0 Å². The van der Waals surface area contributed by atoms with Gasteiger partial charge in [0.1, 0.15) is 5.82 Å². The first-order valence-electron chi connectivity index (χ1n) is 9.96. The van der Waals surface area contributed by atoms with Gasteiger partial charge in [-0.05, 0) is 16.7 Å². The van der Waals surface area contributed by atoms with Crippen LogP contribution in [0.25, 0.3) is 22.5 Å². The molecule has 4 aromatic rings. The molecule has 1 aromatic heterocycles. The summed E-state index contributed by atoms with van der Waals surface area (Å²) in [6.45, 7) is 0.468. The van der Waals surface area contributed by atoms with E-state index < -0.39 is 6.04 Å². The van der Waals surface area contributed by atoms with Crippen LogP contribution in [0, 0.1) is 0 Å². The number of rotatable bonds is 7. The minimum Gasteiger partial charge on any atom is -0.351 e. The summed E-state index contributed by atoms with van der Waals surface area (Å²) in [7, 11) is 0. The topological polar surface area (TPSA) is 83.8 Å². The lowest BCUT2D eigenvalue weighted by molar-refractivity contribution is -0.122. The minimum absolute atomic E-state index is 0.179. The highest BCUT2D eigenvalue weighted by Crippen LogP contribution is 2.23. The summed E-state index contributed by atoms with van der Waals surface area (Å²) in [5.74, 6) is 0.587. The van der Waals surface area contributed by atoms with Crippen LogP contribution < -0.4 is 11.1 Å². The molecule has 30 heavy (non-hydrogen) atoms. The van der Waals surface area contributed by atoms with Crippen LogP contribution in [-0.4, -0.2) is 21.9 Å². The van der Waals surface area contributed by atoms with Gasteiger partial charge in [0, 0.05) is 30.4 Å². The average molecular weight is 396 g/mol. The zero-order chi connectivity index (χ0) is 20.8. The maximum Gasteiger partial charge on any atom is 0.237 e. The van der Waals surface area contributed by atoms with Crippen molar-refractivity contribution >= 4 is 5.91 Å². The number of imidazole rings is 1. The van der Waals surface area contributed by atoms with Crippen molar-refractivity contribution in [2.45, 2.75) is 19.0 Å². The second-order valence-electron chi connectivity index (χ2n) is 7.21. The molecule has 0 radical (unpaired) electrons. The largest absolute Gasteiger partial charge is 0.351 e. The standard InChI is InChI=1S/C25H24N4O/c26-23(25(30)28-16-18-7-3-1-4-8-18)15-22-17-27-24(29-22)21-13-11-20(12-14-21)19-9-5-2-6-10-19/h1-14,17,23H,15-16,26H2,(H,27,29)(H,28,30)/t23-/m0/s1. The second kappa shape index (κ2) is 9.20. The molecule has 1 atom stereocenters. The van der Waals surface area contributed by atoms with Gasteiger partial charge in [-0.25, -0.2) is 4.98 Å². The van der Waals surface area contributed by atoms with Gasteiger partial charge in [0.05, 0.1) is 6.04 Å². The zero-order valence-electron chi connectivity index (χ0n) is 16.6. The van der Waals surface area contributed by atoms with Gasteiger partial charge in [-0.15, -0.1) is 0 Å². The molecule has 1 amide bonds. The molecule has 0 unspecified atom stereocenters. The number of aromatic amines is 1. The molecule has 0 spiro atoms. The predicted molar refractivity (Wildman–Crippen MR) is 119 cm³/mol. The van der Waals surface area contributed by atoms with Crippen molar-refractivity contribution in [3.05, 3.63) is 102 Å². The molecule has 0 saturated heterocycles. The highest BCUT2D eigenvalue weighted by molar-refractivity contribution is 5.81. The van der Waals surface area contributed by atoms with Crippen LogP contribution in [0.5, 0.6) is 0 Å². The Labute approximate surface area is 176 Å². The summed E-state index contributed by atoms with van der Waals surface area (Å²) in [6.07, 6.45) is 2.14. The van der Waals surface area contributed by atoms with E-state index in [0.717, 1.165) is 28.2 Å². The fourth-order valence-corrected chi connectivity index (χ4v) is 3.31. The number of H-pyrrole nitrogens is 1. The van der Waals surface area contributed by atoms with Gasteiger partial charge < -0.3 is 16.0 Å². The molecule has 150 valence electrons. The molecule has 0 bridgehead atoms. The van der Waals surface area contributed by atoms with E-state index in [4.69, 9.17) is 5.73 Å². The second-order valence-corrected chi connectivity index (χ2v) is 7.21. The Balaban J connectivity index is 1.36. The molecular formula is C25H24N4O. The number of hydrogen-bond acceptors (Lipinski definition) is 3. The van der Waals surface area contributed by atoms with Crippen molar-refractivity contribution in [2.24, 2.45) is 5.73 Å².